The Morgan fingerprint density at radius 2 is 1.75 bits per heavy atom. The molecule has 1 rings (SSSR count). The highest BCUT2D eigenvalue weighted by Crippen LogP contribution is 2.17. The fourth-order valence-corrected chi connectivity index (χ4v) is 2.24. The number of hydrogen-bond acceptors (Lipinski definition) is 2. The Morgan fingerprint density at radius 3 is 2.19 bits per heavy atom. The molecule has 0 spiro atoms. The van der Waals surface area contributed by atoms with Crippen molar-refractivity contribution >= 4 is 14.1 Å². The van der Waals surface area contributed by atoms with E-state index in [0.29, 0.717) is 6.42 Å². The molecule has 3 heteroatoms. The van der Waals surface area contributed by atoms with Crippen molar-refractivity contribution in [3.63, 3.8) is 0 Å². The molecule has 0 aliphatic carbocycles. The van der Waals surface area contributed by atoms with Gasteiger partial charge < -0.3 is 9.22 Å². The number of hydrogen-bond donors (Lipinski definition) is 0. The van der Waals surface area contributed by atoms with Crippen molar-refractivity contribution in [1.29, 1.82) is 0 Å². The molecular weight excluding hydrogens is 216 g/mol. The van der Waals surface area contributed by atoms with Crippen LogP contribution >= 0.6 is 0 Å². The molecule has 0 aromatic heterocycles. The summed E-state index contributed by atoms with van der Waals surface area (Å²) >= 11 is 0. The second-order valence-corrected chi connectivity index (χ2v) is 9.49. The fourth-order valence-electron chi connectivity index (χ4n) is 1.40. The van der Waals surface area contributed by atoms with Gasteiger partial charge in [-0.1, -0.05) is 12.1 Å². The Hall–Kier alpha value is -1.09. The van der Waals surface area contributed by atoms with Crippen molar-refractivity contribution in [2.75, 3.05) is 0 Å². The minimum absolute atomic E-state index is 0.238. The maximum absolute atomic E-state index is 10.9. The highest BCUT2D eigenvalue weighted by molar-refractivity contribution is 6.70. The Morgan fingerprint density at radius 1 is 1.19 bits per heavy atom. The predicted octanol–water partition coefficient (Wildman–Crippen LogP) is 3.42. The van der Waals surface area contributed by atoms with E-state index < -0.39 is 8.32 Å². The Kier molecular flexibility index (Phi) is 4.30. The van der Waals surface area contributed by atoms with Gasteiger partial charge in [-0.3, -0.25) is 0 Å². The van der Waals surface area contributed by atoms with Gasteiger partial charge in [-0.15, -0.1) is 0 Å². The molecule has 0 atom stereocenters. The highest BCUT2D eigenvalue weighted by atomic mass is 28.4. The molecule has 0 heterocycles. The lowest BCUT2D eigenvalue weighted by molar-refractivity contribution is -0.116. The number of Topliss-reactive ketones (excluding diaryl/α,β-unsaturated/α-hetero) is 1. The summed E-state index contributed by atoms with van der Waals surface area (Å²) < 4.78 is 5.85. The summed E-state index contributed by atoms with van der Waals surface area (Å²) in [7, 11) is -1.51. The predicted molar refractivity (Wildman–Crippen MR) is 69.4 cm³/mol. The van der Waals surface area contributed by atoms with E-state index in [1.807, 2.05) is 24.3 Å². The first-order valence-electron chi connectivity index (χ1n) is 5.64. The van der Waals surface area contributed by atoms with Crippen LogP contribution < -0.4 is 4.43 Å². The van der Waals surface area contributed by atoms with E-state index in [4.69, 9.17) is 4.43 Å². The number of carbonyl (C=O) groups excluding carboxylic acids is 1. The van der Waals surface area contributed by atoms with Gasteiger partial charge in [0, 0.05) is 6.42 Å². The fraction of sp³-hybridized carbons (Fsp3) is 0.462. The Balaban J connectivity index is 2.57. The van der Waals surface area contributed by atoms with Crippen LogP contribution in [-0.4, -0.2) is 14.1 Å². The van der Waals surface area contributed by atoms with Gasteiger partial charge in [-0.25, -0.2) is 0 Å². The Labute approximate surface area is 98.8 Å². The number of rotatable bonds is 5. The van der Waals surface area contributed by atoms with Crippen molar-refractivity contribution in [3.8, 4) is 5.75 Å². The topological polar surface area (TPSA) is 26.3 Å². The second-order valence-electron chi connectivity index (χ2n) is 5.06. The summed E-state index contributed by atoms with van der Waals surface area (Å²) in [6, 6.07) is 8.07. The van der Waals surface area contributed by atoms with E-state index in [1.165, 1.54) is 5.56 Å². The van der Waals surface area contributed by atoms with Crippen LogP contribution in [0.25, 0.3) is 0 Å². The van der Waals surface area contributed by atoms with E-state index in [0.717, 1.165) is 12.2 Å². The first kappa shape index (κ1) is 13.0. The third-order valence-electron chi connectivity index (χ3n) is 2.11. The summed E-state index contributed by atoms with van der Waals surface area (Å²) in [5.74, 6) is 1.17. The van der Waals surface area contributed by atoms with E-state index >= 15 is 0 Å². The molecule has 0 aliphatic rings. The molecule has 0 unspecified atom stereocenters. The molecule has 2 nitrogen and oxygen atoms in total. The van der Waals surface area contributed by atoms with Crippen molar-refractivity contribution < 1.29 is 9.22 Å². The number of aryl methyl sites for hydroxylation is 1. The van der Waals surface area contributed by atoms with Gasteiger partial charge >= 0.3 is 0 Å². The maximum atomic E-state index is 10.9. The van der Waals surface area contributed by atoms with Crippen molar-refractivity contribution in [2.45, 2.75) is 39.4 Å². The second kappa shape index (κ2) is 5.30. The molecule has 16 heavy (non-hydrogen) atoms. The molecule has 0 amide bonds. The van der Waals surface area contributed by atoms with E-state index in [-0.39, 0.29) is 5.78 Å². The van der Waals surface area contributed by atoms with Crippen LogP contribution in [0.4, 0.5) is 0 Å². The molecule has 0 aliphatic heterocycles. The van der Waals surface area contributed by atoms with Crippen LogP contribution in [0.5, 0.6) is 5.75 Å². The summed E-state index contributed by atoms with van der Waals surface area (Å²) in [6.45, 7) is 8.12. The molecule has 1 aromatic rings. The monoisotopic (exact) mass is 236 g/mol. The van der Waals surface area contributed by atoms with Crippen LogP contribution in [0.1, 0.15) is 18.9 Å². The van der Waals surface area contributed by atoms with Gasteiger partial charge in [0.05, 0.1) is 0 Å². The first-order chi connectivity index (χ1) is 7.37. The minimum atomic E-state index is -1.51. The zero-order valence-corrected chi connectivity index (χ0v) is 11.5. The molecule has 0 fully saturated rings. The minimum Gasteiger partial charge on any atom is -0.544 e. The summed E-state index contributed by atoms with van der Waals surface area (Å²) in [5, 5.41) is 0. The van der Waals surface area contributed by atoms with E-state index in [9.17, 15) is 4.79 Å². The quantitative estimate of drug-likeness (QED) is 0.732. The van der Waals surface area contributed by atoms with Crippen molar-refractivity contribution in [1.82, 2.24) is 0 Å². The maximum Gasteiger partial charge on any atom is 0.242 e. The lowest BCUT2D eigenvalue weighted by atomic mass is 10.1. The third-order valence-corrected chi connectivity index (χ3v) is 2.96. The van der Waals surface area contributed by atoms with Crippen LogP contribution in [0.3, 0.4) is 0 Å². The average molecular weight is 236 g/mol. The van der Waals surface area contributed by atoms with Crippen molar-refractivity contribution in [3.05, 3.63) is 29.8 Å². The van der Waals surface area contributed by atoms with Crippen LogP contribution in [0.15, 0.2) is 24.3 Å². The standard InChI is InChI=1S/C13H20O2Si/c1-11(14)5-6-12-7-9-13(10-8-12)15-16(2,3)4/h7-10H,5-6H2,1-4H3. The molecule has 0 N–H and O–H groups in total. The number of benzene rings is 1. The smallest absolute Gasteiger partial charge is 0.242 e. The molecule has 0 saturated heterocycles. The Bertz CT molecular complexity index is 349. The molecule has 0 radical (unpaired) electrons. The highest BCUT2D eigenvalue weighted by Gasteiger charge is 2.15. The molecular formula is C13H20O2Si. The summed E-state index contributed by atoms with van der Waals surface area (Å²) in [6.07, 6.45) is 1.44. The lowest BCUT2D eigenvalue weighted by Gasteiger charge is -2.19. The van der Waals surface area contributed by atoms with Crippen LogP contribution in [0, 0.1) is 0 Å². The van der Waals surface area contributed by atoms with Gasteiger partial charge in [0.25, 0.3) is 0 Å². The average Bonchev–Trinajstić information content (AvgIpc) is 2.14. The van der Waals surface area contributed by atoms with Crippen LogP contribution in [-0.2, 0) is 11.2 Å². The summed E-state index contributed by atoms with van der Waals surface area (Å²) in [5.41, 5.74) is 1.19. The van der Waals surface area contributed by atoms with Gasteiger partial charge in [-0.2, -0.15) is 0 Å². The van der Waals surface area contributed by atoms with Crippen molar-refractivity contribution in [2.24, 2.45) is 0 Å². The van der Waals surface area contributed by atoms with Gasteiger partial charge in [0.2, 0.25) is 8.32 Å². The number of carbonyl (C=O) groups is 1. The molecule has 0 bridgehead atoms. The molecule has 88 valence electrons. The van der Waals surface area contributed by atoms with Gasteiger partial charge in [-0.05, 0) is 50.7 Å². The normalized spacial score (nSPS) is 11.2. The zero-order valence-electron chi connectivity index (χ0n) is 10.5. The largest absolute Gasteiger partial charge is 0.544 e. The van der Waals surface area contributed by atoms with Gasteiger partial charge in [0.15, 0.2) is 0 Å². The molecule has 0 saturated carbocycles. The van der Waals surface area contributed by atoms with E-state index in [2.05, 4.69) is 19.6 Å². The first-order valence-corrected chi connectivity index (χ1v) is 9.05. The summed E-state index contributed by atoms with van der Waals surface area (Å²) in [4.78, 5) is 10.9. The lowest BCUT2D eigenvalue weighted by Crippen LogP contribution is -2.29. The third kappa shape index (κ3) is 5.12. The SMILES string of the molecule is CC(=O)CCc1ccc(O[Si](C)(C)C)cc1. The zero-order chi connectivity index (χ0) is 12.2. The van der Waals surface area contributed by atoms with E-state index in [1.54, 1.807) is 6.92 Å². The van der Waals surface area contributed by atoms with Crippen LogP contribution in [0.2, 0.25) is 19.6 Å². The number of ketones is 1. The van der Waals surface area contributed by atoms with Gasteiger partial charge in [0.1, 0.15) is 11.5 Å². The molecule has 1 aromatic carbocycles.